The molecule has 2 atom stereocenters. The molecule has 0 rings (SSSR count). The predicted octanol–water partition coefficient (Wildman–Crippen LogP) is 20.1. The maximum atomic E-state index is 12.7. The van der Waals surface area contributed by atoms with Crippen LogP contribution >= 0.6 is 7.82 Å². The first-order valence-corrected chi connectivity index (χ1v) is 32.9. The van der Waals surface area contributed by atoms with Crippen molar-refractivity contribution in [1.82, 2.24) is 0 Å². The molecule has 436 valence electrons. The molecular formula is C65H118NO8P. The summed E-state index contributed by atoms with van der Waals surface area (Å²) >= 11 is 0. The SMILES string of the molecule is CC/C=C\C/C=C\C/C=C\C/C=C\C/C=C\C/C=C\CCCCCCCCCCCCCCCCCCCCCCCCC(=O)OC(COC(=O)CCCCCCCCCCCCCCC)COP(=O)(O)OCCN. The minimum atomic E-state index is -4.38. The Balaban J connectivity index is 3.76. The van der Waals surface area contributed by atoms with Crippen LogP contribution in [0, 0.1) is 0 Å². The molecule has 0 heterocycles. The van der Waals surface area contributed by atoms with Gasteiger partial charge >= 0.3 is 19.8 Å². The van der Waals surface area contributed by atoms with Crippen LogP contribution in [0.4, 0.5) is 0 Å². The number of hydrogen-bond acceptors (Lipinski definition) is 8. The molecule has 0 aliphatic heterocycles. The van der Waals surface area contributed by atoms with Gasteiger partial charge in [-0.1, -0.05) is 292 Å². The summed E-state index contributed by atoms with van der Waals surface area (Å²) in [6.45, 7) is 3.66. The number of hydrogen-bond donors (Lipinski definition) is 2. The Morgan fingerprint density at radius 2 is 0.733 bits per heavy atom. The molecule has 0 aliphatic carbocycles. The highest BCUT2D eigenvalue weighted by Crippen LogP contribution is 2.43. The second-order valence-electron chi connectivity index (χ2n) is 20.9. The average Bonchev–Trinajstić information content (AvgIpc) is 3.40. The largest absolute Gasteiger partial charge is 0.472 e. The zero-order chi connectivity index (χ0) is 54.5. The number of nitrogens with two attached hydrogens (primary N) is 1. The number of unbranched alkanes of at least 4 members (excludes halogenated alkanes) is 34. The van der Waals surface area contributed by atoms with E-state index in [-0.39, 0.29) is 38.6 Å². The molecule has 0 aliphatic rings. The molecular weight excluding hydrogens is 954 g/mol. The Hall–Kier alpha value is -2.55. The maximum absolute atomic E-state index is 12.7. The number of carbonyl (C=O) groups excluding carboxylic acids is 2. The van der Waals surface area contributed by atoms with E-state index in [4.69, 9.17) is 24.3 Å². The number of phosphoric acid groups is 1. The molecule has 0 radical (unpaired) electrons. The number of ether oxygens (including phenoxy) is 2. The number of esters is 2. The minimum absolute atomic E-state index is 0.0549. The lowest BCUT2D eigenvalue weighted by atomic mass is 10.0. The smallest absolute Gasteiger partial charge is 0.462 e. The van der Waals surface area contributed by atoms with Gasteiger partial charge in [-0.25, -0.2) is 4.57 Å². The van der Waals surface area contributed by atoms with Gasteiger partial charge in [-0.05, 0) is 64.2 Å². The van der Waals surface area contributed by atoms with Gasteiger partial charge in [-0.2, -0.15) is 0 Å². The first-order valence-electron chi connectivity index (χ1n) is 31.4. The highest BCUT2D eigenvalue weighted by atomic mass is 31.2. The van der Waals surface area contributed by atoms with Crippen LogP contribution in [0.25, 0.3) is 0 Å². The summed E-state index contributed by atoms with van der Waals surface area (Å²) in [7, 11) is -4.38. The normalized spacial score (nSPS) is 13.5. The molecule has 0 saturated carbocycles. The van der Waals surface area contributed by atoms with Crippen LogP contribution in [0.2, 0.25) is 0 Å². The van der Waals surface area contributed by atoms with E-state index < -0.39 is 26.5 Å². The van der Waals surface area contributed by atoms with E-state index in [2.05, 4.69) is 86.8 Å². The highest BCUT2D eigenvalue weighted by Gasteiger charge is 2.26. The number of rotatable bonds is 59. The lowest BCUT2D eigenvalue weighted by Crippen LogP contribution is -2.29. The summed E-state index contributed by atoms with van der Waals surface area (Å²) in [5.41, 5.74) is 5.38. The molecule has 0 saturated heterocycles. The van der Waals surface area contributed by atoms with Crippen LogP contribution in [0.1, 0.15) is 296 Å². The first-order chi connectivity index (χ1) is 36.8. The quantitative estimate of drug-likeness (QED) is 0.0264. The van der Waals surface area contributed by atoms with Crippen molar-refractivity contribution in [2.24, 2.45) is 5.73 Å². The van der Waals surface area contributed by atoms with Crippen LogP contribution in [0.5, 0.6) is 0 Å². The summed E-state index contributed by atoms with van der Waals surface area (Å²) < 4.78 is 33.0. The average molecular weight is 1070 g/mol. The monoisotopic (exact) mass is 1070 g/mol. The Kier molecular flexibility index (Phi) is 58.6. The van der Waals surface area contributed by atoms with E-state index in [0.717, 1.165) is 70.6 Å². The molecule has 0 aromatic heterocycles. The van der Waals surface area contributed by atoms with Crippen molar-refractivity contribution in [3.8, 4) is 0 Å². The fourth-order valence-corrected chi connectivity index (χ4v) is 9.76. The Bertz CT molecular complexity index is 1460. The number of carbonyl (C=O) groups is 2. The first kappa shape index (κ1) is 72.5. The summed E-state index contributed by atoms with van der Waals surface area (Å²) in [4.78, 5) is 35.1. The van der Waals surface area contributed by atoms with E-state index in [0.29, 0.717) is 6.42 Å². The Labute approximate surface area is 462 Å². The minimum Gasteiger partial charge on any atom is -0.462 e. The summed E-state index contributed by atoms with van der Waals surface area (Å²) in [6.07, 6.45) is 78.5. The van der Waals surface area contributed by atoms with Crippen LogP contribution in [0.15, 0.2) is 72.9 Å². The Morgan fingerprint density at radius 3 is 1.09 bits per heavy atom. The third-order valence-electron chi connectivity index (χ3n) is 13.6. The van der Waals surface area contributed by atoms with Gasteiger partial charge in [0.15, 0.2) is 6.10 Å². The van der Waals surface area contributed by atoms with Crippen molar-refractivity contribution in [3.05, 3.63) is 72.9 Å². The third-order valence-corrected chi connectivity index (χ3v) is 14.6. The van der Waals surface area contributed by atoms with E-state index in [1.807, 2.05) is 0 Å². The van der Waals surface area contributed by atoms with Gasteiger partial charge in [0.05, 0.1) is 13.2 Å². The van der Waals surface area contributed by atoms with Crippen molar-refractivity contribution in [2.75, 3.05) is 26.4 Å². The molecule has 9 nitrogen and oxygen atoms in total. The second-order valence-corrected chi connectivity index (χ2v) is 22.4. The molecule has 10 heteroatoms. The summed E-state index contributed by atoms with van der Waals surface area (Å²) in [5.74, 6) is -0.814. The van der Waals surface area contributed by atoms with Gasteiger partial charge in [0.25, 0.3) is 0 Å². The standard InChI is InChI=1S/C65H118NO8P/c1-3-5-7-9-11-13-15-17-18-19-20-21-22-23-24-25-26-27-28-29-30-31-32-33-34-35-36-37-38-39-40-41-42-43-44-46-48-50-52-54-56-58-65(68)74-63(62-73-75(69,70)72-60-59-66)61-71-64(67)57-55-53-51-49-47-45-16-14-12-10-8-6-4-2/h5,7,11,13,17-18,20-21,23-24,26-27,63H,3-4,6,8-10,12,14-16,19,22,25,28-62,66H2,1-2H3,(H,69,70)/b7-5-,13-11-,18-17-,21-20-,24-23-,27-26-. The molecule has 0 bridgehead atoms. The van der Waals surface area contributed by atoms with Crippen molar-refractivity contribution in [3.63, 3.8) is 0 Å². The van der Waals surface area contributed by atoms with Crippen LogP contribution in [-0.4, -0.2) is 49.3 Å². The molecule has 0 aromatic rings. The van der Waals surface area contributed by atoms with E-state index in [1.165, 1.54) is 193 Å². The van der Waals surface area contributed by atoms with E-state index in [9.17, 15) is 19.0 Å². The van der Waals surface area contributed by atoms with Crippen LogP contribution in [0.3, 0.4) is 0 Å². The van der Waals surface area contributed by atoms with Gasteiger partial charge < -0.3 is 20.1 Å². The zero-order valence-electron chi connectivity index (χ0n) is 48.8. The van der Waals surface area contributed by atoms with Crippen molar-refractivity contribution < 1.29 is 37.6 Å². The summed E-state index contributed by atoms with van der Waals surface area (Å²) in [6, 6.07) is 0. The van der Waals surface area contributed by atoms with E-state index in [1.54, 1.807) is 0 Å². The van der Waals surface area contributed by atoms with Gasteiger partial charge in [-0.15, -0.1) is 0 Å². The van der Waals surface area contributed by atoms with Crippen molar-refractivity contribution >= 4 is 19.8 Å². The summed E-state index contributed by atoms with van der Waals surface area (Å²) in [5, 5.41) is 0. The van der Waals surface area contributed by atoms with Crippen LogP contribution < -0.4 is 5.73 Å². The molecule has 3 N–H and O–H groups in total. The molecule has 0 aromatic carbocycles. The molecule has 0 spiro atoms. The zero-order valence-corrected chi connectivity index (χ0v) is 49.7. The van der Waals surface area contributed by atoms with Gasteiger partial charge in [-0.3, -0.25) is 18.6 Å². The number of phosphoric ester groups is 1. The topological polar surface area (TPSA) is 134 Å². The fourth-order valence-electron chi connectivity index (χ4n) is 9.00. The van der Waals surface area contributed by atoms with Crippen molar-refractivity contribution in [2.45, 2.75) is 302 Å². The molecule has 0 amide bonds. The highest BCUT2D eigenvalue weighted by molar-refractivity contribution is 7.47. The molecule has 0 fully saturated rings. The third kappa shape index (κ3) is 60.5. The van der Waals surface area contributed by atoms with Gasteiger partial charge in [0.2, 0.25) is 0 Å². The number of allylic oxidation sites excluding steroid dienone is 12. The van der Waals surface area contributed by atoms with Crippen molar-refractivity contribution in [1.29, 1.82) is 0 Å². The Morgan fingerprint density at radius 1 is 0.413 bits per heavy atom. The fraction of sp³-hybridized carbons (Fsp3) is 0.785. The predicted molar refractivity (Wildman–Crippen MR) is 321 cm³/mol. The lowest BCUT2D eigenvalue weighted by Gasteiger charge is -2.19. The lowest BCUT2D eigenvalue weighted by molar-refractivity contribution is -0.161. The molecule has 75 heavy (non-hydrogen) atoms. The maximum Gasteiger partial charge on any atom is 0.472 e. The van der Waals surface area contributed by atoms with Gasteiger partial charge in [0, 0.05) is 19.4 Å². The molecule has 2 unspecified atom stereocenters. The second kappa shape index (κ2) is 60.7. The van der Waals surface area contributed by atoms with Crippen LogP contribution in [-0.2, 0) is 32.7 Å². The van der Waals surface area contributed by atoms with E-state index >= 15 is 0 Å². The van der Waals surface area contributed by atoms with Gasteiger partial charge in [0.1, 0.15) is 6.61 Å².